The number of methoxy groups -OCH3 is 1. The molecule has 10 nitrogen and oxygen atoms in total. The van der Waals surface area contributed by atoms with Gasteiger partial charge in [0.1, 0.15) is 17.8 Å². The first kappa shape index (κ1) is 43.8. The summed E-state index contributed by atoms with van der Waals surface area (Å²) in [6, 6.07) is 3.98. The quantitative estimate of drug-likeness (QED) is 0.0882. The molecule has 0 saturated heterocycles. The van der Waals surface area contributed by atoms with Crippen molar-refractivity contribution in [3.8, 4) is 5.75 Å². The highest BCUT2D eigenvalue weighted by molar-refractivity contribution is 9.12. The third-order valence-corrected chi connectivity index (χ3v) is 11.2. The van der Waals surface area contributed by atoms with Crippen molar-refractivity contribution in [3.05, 3.63) is 47.6 Å². The summed E-state index contributed by atoms with van der Waals surface area (Å²) in [4.78, 5) is 30.6. The van der Waals surface area contributed by atoms with Gasteiger partial charge in [0.25, 0.3) is 5.91 Å². The molecule has 2 heterocycles. The SMILES string of the molecule is CCCCCCCCCCCCCCCC(=O)NCCc1cc(Br)c(OCCCNC(=O)C2=NO[C@]3(CC(Br)=C(OC)C(Br)=CO3)[C@H]2O)c(Br)c1. The van der Waals surface area contributed by atoms with Crippen LogP contribution in [-0.2, 0) is 30.3 Å². The lowest BCUT2D eigenvalue weighted by atomic mass is 10.0. The average Bonchev–Trinajstić information content (AvgIpc) is 3.34. The molecule has 0 aliphatic carbocycles. The Morgan fingerprint density at radius 2 is 1.51 bits per heavy atom. The summed E-state index contributed by atoms with van der Waals surface area (Å²) in [5, 5.41) is 20.5. The van der Waals surface area contributed by atoms with E-state index < -0.39 is 17.8 Å². The Kier molecular flexibility index (Phi) is 20.5. The fourth-order valence-corrected chi connectivity index (χ4v) is 8.90. The molecule has 1 spiro atoms. The largest absolute Gasteiger partial charge is 0.495 e. The second kappa shape index (κ2) is 23.9. The van der Waals surface area contributed by atoms with E-state index in [9.17, 15) is 14.7 Å². The summed E-state index contributed by atoms with van der Waals surface area (Å²) >= 11 is 14.0. The van der Waals surface area contributed by atoms with Crippen molar-refractivity contribution in [2.75, 3.05) is 26.8 Å². The highest BCUT2D eigenvalue weighted by atomic mass is 79.9. The van der Waals surface area contributed by atoms with Crippen molar-refractivity contribution in [2.24, 2.45) is 5.16 Å². The van der Waals surface area contributed by atoms with Gasteiger partial charge >= 0.3 is 5.79 Å². The molecule has 0 aromatic heterocycles. The molecule has 3 rings (SSSR count). The molecule has 0 bridgehead atoms. The summed E-state index contributed by atoms with van der Waals surface area (Å²) in [5.41, 5.74) is 0.880. The minimum absolute atomic E-state index is 0.0633. The lowest BCUT2D eigenvalue weighted by Crippen LogP contribution is -2.49. The number of ether oxygens (including phenoxy) is 3. The first-order valence-electron chi connectivity index (χ1n) is 18.2. The van der Waals surface area contributed by atoms with Gasteiger partial charge in [0.05, 0.1) is 33.6 Å². The van der Waals surface area contributed by atoms with Crippen LogP contribution < -0.4 is 15.4 Å². The number of amides is 2. The molecule has 3 N–H and O–H groups in total. The van der Waals surface area contributed by atoms with Gasteiger partial charge in [-0.05, 0) is 84.7 Å². The summed E-state index contributed by atoms with van der Waals surface area (Å²) in [5.74, 6) is -0.922. The van der Waals surface area contributed by atoms with Gasteiger partial charge in [0, 0.05) is 24.0 Å². The molecule has 2 amide bonds. The van der Waals surface area contributed by atoms with Crippen LogP contribution in [0.2, 0.25) is 0 Å². The maximum absolute atomic E-state index is 12.8. The minimum Gasteiger partial charge on any atom is -0.495 e. The minimum atomic E-state index is -1.60. The normalized spacial score (nSPS) is 18.5. The zero-order valence-corrected chi connectivity index (χ0v) is 36.2. The molecule has 51 heavy (non-hydrogen) atoms. The highest BCUT2D eigenvalue weighted by Gasteiger charge is 2.54. The van der Waals surface area contributed by atoms with Crippen LogP contribution in [0, 0.1) is 0 Å². The lowest BCUT2D eigenvalue weighted by molar-refractivity contribution is -0.225. The number of aliphatic hydroxyl groups excluding tert-OH is 1. The molecular formula is C37H53Br4N3O7. The Bertz CT molecular complexity index is 1350. The van der Waals surface area contributed by atoms with Crippen LogP contribution in [0.3, 0.4) is 0 Å². The molecule has 0 radical (unpaired) electrons. The van der Waals surface area contributed by atoms with E-state index in [0.29, 0.717) is 52.9 Å². The van der Waals surface area contributed by atoms with Crippen LogP contribution in [0.4, 0.5) is 0 Å². The van der Waals surface area contributed by atoms with Gasteiger partial charge in [0.2, 0.25) is 5.91 Å². The Labute approximate surface area is 336 Å². The van der Waals surface area contributed by atoms with Crippen LogP contribution in [-0.4, -0.2) is 61.3 Å². The number of unbranched alkanes of at least 4 members (excludes halogenated alkanes) is 12. The van der Waals surface area contributed by atoms with Crippen LogP contribution in [0.25, 0.3) is 0 Å². The van der Waals surface area contributed by atoms with Crippen LogP contribution in [0.15, 0.2) is 47.2 Å². The number of carbonyl (C=O) groups is 2. The van der Waals surface area contributed by atoms with Crippen molar-refractivity contribution >= 4 is 81.2 Å². The van der Waals surface area contributed by atoms with Gasteiger partial charge in [-0.3, -0.25) is 9.59 Å². The second-order valence-corrected chi connectivity index (χ2v) is 16.4. The van der Waals surface area contributed by atoms with Crippen molar-refractivity contribution < 1.29 is 33.7 Å². The molecule has 0 saturated carbocycles. The van der Waals surface area contributed by atoms with Crippen LogP contribution >= 0.6 is 63.7 Å². The van der Waals surface area contributed by atoms with Gasteiger partial charge < -0.3 is 34.8 Å². The predicted octanol–water partition coefficient (Wildman–Crippen LogP) is 9.59. The van der Waals surface area contributed by atoms with Crippen molar-refractivity contribution in [3.63, 3.8) is 0 Å². The van der Waals surface area contributed by atoms with E-state index >= 15 is 0 Å². The van der Waals surface area contributed by atoms with Crippen molar-refractivity contribution in [2.45, 2.75) is 128 Å². The standard InChI is InChI=1S/C37H53Br4N3O7/c1-3-4-5-6-7-8-9-10-11-12-13-14-15-17-31(45)42-20-18-26-22-27(38)34(28(39)23-26)49-21-16-19-43-36(47)32-35(46)37(51-44-32)24-29(40)33(48-2)30(41)25-50-37/h22-23,25,35,46H,3-21,24H2,1-2H3,(H,42,45)(H,43,47)/t35-,37+/m0/s1. The molecule has 1 aromatic rings. The summed E-state index contributed by atoms with van der Waals surface area (Å²) in [7, 11) is 1.51. The fourth-order valence-electron chi connectivity index (χ4n) is 5.87. The van der Waals surface area contributed by atoms with Crippen LogP contribution in [0.1, 0.15) is 115 Å². The van der Waals surface area contributed by atoms with Crippen molar-refractivity contribution in [1.29, 1.82) is 0 Å². The van der Waals surface area contributed by atoms with Gasteiger partial charge in [-0.15, -0.1) is 0 Å². The number of carbonyl (C=O) groups excluding carboxylic acids is 2. The van der Waals surface area contributed by atoms with Crippen LogP contribution in [0.5, 0.6) is 5.75 Å². The number of rotatable bonds is 24. The third-order valence-electron chi connectivity index (χ3n) is 8.79. The lowest BCUT2D eigenvalue weighted by Gasteiger charge is -2.27. The molecule has 2 aliphatic heterocycles. The second-order valence-electron chi connectivity index (χ2n) is 12.9. The summed E-state index contributed by atoms with van der Waals surface area (Å²) in [6.45, 7) is 3.46. The van der Waals surface area contributed by atoms with E-state index in [1.807, 2.05) is 12.1 Å². The number of nitrogens with one attached hydrogen (secondary N) is 2. The third kappa shape index (κ3) is 14.6. The Hall–Kier alpha value is -1.61. The smallest absolute Gasteiger partial charge is 0.311 e. The summed E-state index contributed by atoms with van der Waals surface area (Å²) < 4.78 is 19.7. The van der Waals surface area contributed by atoms with E-state index in [4.69, 9.17) is 19.0 Å². The first-order valence-corrected chi connectivity index (χ1v) is 21.3. The van der Waals surface area contributed by atoms with Crippen molar-refractivity contribution in [1.82, 2.24) is 10.6 Å². The Morgan fingerprint density at radius 3 is 2.12 bits per heavy atom. The zero-order valence-electron chi connectivity index (χ0n) is 29.8. The van der Waals surface area contributed by atoms with E-state index in [-0.39, 0.29) is 24.6 Å². The molecule has 1 aromatic carbocycles. The Morgan fingerprint density at radius 1 is 0.902 bits per heavy atom. The number of hydrogen-bond acceptors (Lipinski definition) is 8. The average molecular weight is 971 g/mol. The van der Waals surface area contributed by atoms with E-state index in [2.05, 4.69) is 86.4 Å². The molecule has 286 valence electrons. The maximum Gasteiger partial charge on any atom is 0.311 e. The Balaban J connectivity index is 1.26. The first-order chi connectivity index (χ1) is 24.6. The van der Waals surface area contributed by atoms with Gasteiger partial charge in [0.15, 0.2) is 11.8 Å². The molecule has 2 aliphatic rings. The molecule has 14 heteroatoms. The van der Waals surface area contributed by atoms with E-state index in [1.165, 1.54) is 84.0 Å². The number of hydrogen-bond donors (Lipinski definition) is 3. The number of allylic oxidation sites excluding steroid dienone is 1. The fraction of sp³-hybridized carbons (Fsp3) is 0.649. The number of halogens is 4. The predicted molar refractivity (Wildman–Crippen MR) is 215 cm³/mol. The number of aliphatic hydroxyl groups is 1. The number of oxime groups is 1. The topological polar surface area (TPSA) is 128 Å². The molecule has 0 fully saturated rings. The molecular weight excluding hydrogens is 918 g/mol. The highest BCUT2D eigenvalue weighted by Crippen LogP contribution is 2.41. The number of nitrogens with zero attached hydrogens (tertiary/aromatic N) is 1. The summed E-state index contributed by atoms with van der Waals surface area (Å²) in [6.07, 6.45) is 18.6. The monoisotopic (exact) mass is 967 g/mol. The maximum atomic E-state index is 12.8. The van der Waals surface area contributed by atoms with E-state index in [1.54, 1.807) is 0 Å². The van der Waals surface area contributed by atoms with E-state index in [0.717, 1.165) is 27.4 Å². The molecule has 2 atom stereocenters. The van der Waals surface area contributed by atoms with Gasteiger partial charge in [-0.1, -0.05) is 105 Å². The number of benzene rings is 1. The molecule has 0 unspecified atom stereocenters. The zero-order chi connectivity index (χ0) is 37.1. The van der Waals surface area contributed by atoms with Gasteiger partial charge in [-0.2, -0.15) is 0 Å². The van der Waals surface area contributed by atoms with Gasteiger partial charge in [-0.25, -0.2) is 0 Å².